The van der Waals surface area contributed by atoms with Gasteiger partial charge in [0.25, 0.3) is 0 Å². The Hall–Kier alpha value is -4.96. The monoisotopic (exact) mass is 525 g/mol. The summed E-state index contributed by atoms with van der Waals surface area (Å²) in [6, 6.07) is 47.6. The van der Waals surface area contributed by atoms with Gasteiger partial charge in [0.2, 0.25) is 5.91 Å². The molecule has 0 fully saturated rings. The van der Waals surface area contributed by atoms with Crippen LogP contribution in [-0.4, -0.2) is 23.0 Å². The molecule has 0 saturated carbocycles. The van der Waals surface area contributed by atoms with Crippen molar-refractivity contribution >= 4 is 11.9 Å². The van der Waals surface area contributed by atoms with Crippen molar-refractivity contribution in [2.45, 2.75) is 23.8 Å². The largest absolute Gasteiger partial charge is 0.480 e. The van der Waals surface area contributed by atoms with Gasteiger partial charge in [0.05, 0.1) is 5.41 Å². The second-order valence-corrected chi connectivity index (χ2v) is 9.86. The Morgan fingerprint density at radius 1 is 0.550 bits per heavy atom. The molecule has 2 N–H and O–H groups in total. The van der Waals surface area contributed by atoms with Gasteiger partial charge in [0.15, 0.2) is 0 Å². The van der Waals surface area contributed by atoms with Crippen LogP contribution in [0.1, 0.15) is 40.2 Å². The van der Waals surface area contributed by atoms with E-state index >= 15 is 0 Å². The topological polar surface area (TPSA) is 66.4 Å². The van der Waals surface area contributed by atoms with Crippen LogP contribution in [0, 0.1) is 0 Å². The highest BCUT2D eigenvalue weighted by atomic mass is 16.4. The van der Waals surface area contributed by atoms with Crippen LogP contribution < -0.4 is 5.32 Å². The van der Waals surface area contributed by atoms with Crippen molar-refractivity contribution in [3.8, 4) is 0 Å². The van der Waals surface area contributed by atoms with Crippen molar-refractivity contribution in [2.75, 3.05) is 0 Å². The second kappa shape index (κ2) is 12.3. The highest BCUT2D eigenvalue weighted by molar-refractivity contribution is 5.86. The van der Waals surface area contributed by atoms with E-state index in [-0.39, 0.29) is 12.3 Å². The number of carbonyl (C=O) groups is 2. The number of benzene rings is 5. The minimum Gasteiger partial charge on any atom is -0.480 e. The molecule has 0 aromatic heterocycles. The summed E-state index contributed by atoms with van der Waals surface area (Å²) >= 11 is 0. The van der Waals surface area contributed by atoms with Crippen LogP contribution in [0.2, 0.25) is 0 Å². The Labute approximate surface area is 235 Å². The maximum absolute atomic E-state index is 14.1. The molecule has 0 aliphatic heterocycles. The summed E-state index contributed by atoms with van der Waals surface area (Å²) in [4.78, 5) is 26.9. The summed E-state index contributed by atoms with van der Waals surface area (Å²) in [5.74, 6) is -2.00. The van der Waals surface area contributed by atoms with Crippen LogP contribution in [0.25, 0.3) is 0 Å². The van der Waals surface area contributed by atoms with E-state index in [9.17, 15) is 14.7 Å². The van der Waals surface area contributed by atoms with Crippen LogP contribution in [0.5, 0.6) is 0 Å². The van der Waals surface area contributed by atoms with E-state index in [0.29, 0.717) is 0 Å². The van der Waals surface area contributed by atoms with Gasteiger partial charge in [-0.15, -0.1) is 0 Å². The number of nitrogens with one attached hydrogen (secondary N) is 1. The SMILES string of the molecule is O=C(CC(c1ccccc1)(c1ccccc1)c1ccccc1)N[C@H](C(=O)O)C(c1ccccc1)c1ccccc1. The normalized spacial score (nSPS) is 12.0. The van der Waals surface area contributed by atoms with Gasteiger partial charge in [-0.05, 0) is 27.8 Å². The standard InChI is InChI=1S/C36H31NO3/c38-32(37-34(35(39)40)33(27-16-6-1-7-17-27)28-18-8-2-9-19-28)26-36(29-20-10-3-11-21-29,30-22-12-4-13-23-30)31-24-14-5-15-25-31/h1-25,33-34H,26H2,(H,37,38)(H,39,40)/t34-/m0/s1. The first-order chi connectivity index (χ1) is 19.6. The van der Waals surface area contributed by atoms with E-state index in [2.05, 4.69) is 5.32 Å². The molecule has 0 aliphatic carbocycles. The Morgan fingerprint density at radius 2 is 0.875 bits per heavy atom. The van der Waals surface area contributed by atoms with E-state index in [1.807, 2.05) is 152 Å². The van der Waals surface area contributed by atoms with Gasteiger partial charge in [-0.1, -0.05) is 152 Å². The molecule has 0 aliphatic rings. The number of amides is 1. The minimum atomic E-state index is -1.17. The quantitative estimate of drug-likeness (QED) is 0.197. The zero-order valence-corrected chi connectivity index (χ0v) is 22.1. The first-order valence-corrected chi connectivity index (χ1v) is 13.4. The molecule has 0 radical (unpaired) electrons. The molecule has 0 heterocycles. The van der Waals surface area contributed by atoms with Crippen LogP contribution >= 0.6 is 0 Å². The summed E-state index contributed by atoms with van der Waals surface area (Å²) < 4.78 is 0. The Balaban J connectivity index is 1.59. The van der Waals surface area contributed by atoms with Crippen molar-refractivity contribution in [1.29, 1.82) is 0 Å². The lowest BCUT2D eigenvalue weighted by Crippen LogP contribution is -2.47. The number of hydrogen-bond donors (Lipinski definition) is 2. The van der Waals surface area contributed by atoms with Crippen LogP contribution in [0.3, 0.4) is 0 Å². The van der Waals surface area contributed by atoms with Crippen LogP contribution in [-0.2, 0) is 15.0 Å². The summed E-state index contributed by atoms with van der Waals surface area (Å²) in [6.45, 7) is 0. The first-order valence-electron chi connectivity index (χ1n) is 13.4. The predicted octanol–water partition coefficient (Wildman–Crippen LogP) is 6.81. The summed E-state index contributed by atoms with van der Waals surface area (Å²) in [5, 5.41) is 13.4. The second-order valence-electron chi connectivity index (χ2n) is 9.86. The van der Waals surface area contributed by atoms with Gasteiger partial charge in [-0.25, -0.2) is 4.79 Å². The van der Waals surface area contributed by atoms with Gasteiger partial charge in [0, 0.05) is 12.3 Å². The van der Waals surface area contributed by atoms with E-state index in [4.69, 9.17) is 0 Å². The van der Waals surface area contributed by atoms with Crippen molar-refractivity contribution in [2.24, 2.45) is 0 Å². The van der Waals surface area contributed by atoms with Gasteiger partial charge in [0.1, 0.15) is 6.04 Å². The first kappa shape index (κ1) is 26.6. The Morgan fingerprint density at radius 3 is 1.20 bits per heavy atom. The zero-order valence-electron chi connectivity index (χ0n) is 22.1. The maximum atomic E-state index is 14.1. The third-order valence-electron chi connectivity index (χ3n) is 7.46. The van der Waals surface area contributed by atoms with Gasteiger partial charge >= 0.3 is 5.97 Å². The lowest BCUT2D eigenvalue weighted by atomic mass is 9.67. The number of aliphatic carboxylic acids is 1. The zero-order chi connectivity index (χ0) is 27.8. The van der Waals surface area contributed by atoms with Gasteiger partial charge < -0.3 is 10.4 Å². The Bertz CT molecular complexity index is 1390. The number of hydrogen-bond acceptors (Lipinski definition) is 2. The van der Waals surface area contributed by atoms with Crippen molar-refractivity contribution in [3.05, 3.63) is 179 Å². The van der Waals surface area contributed by atoms with Crippen molar-refractivity contribution in [1.82, 2.24) is 5.32 Å². The molecule has 1 amide bonds. The summed E-state index contributed by atoms with van der Waals surface area (Å²) in [6.07, 6.45) is 0.0329. The van der Waals surface area contributed by atoms with E-state index < -0.39 is 23.3 Å². The number of carbonyl (C=O) groups excluding carboxylic acids is 1. The molecule has 0 bridgehead atoms. The molecule has 0 saturated heterocycles. The molecule has 1 atom stereocenters. The molecule has 5 rings (SSSR count). The smallest absolute Gasteiger partial charge is 0.327 e. The fraction of sp³-hybridized carbons (Fsp3) is 0.111. The number of carboxylic acids is 1. The fourth-order valence-electron chi connectivity index (χ4n) is 5.63. The van der Waals surface area contributed by atoms with Gasteiger partial charge in [-0.2, -0.15) is 0 Å². The summed E-state index contributed by atoms with van der Waals surface area (Å²) in [7, 11) is 0. The van der Waals surface area contributed by atoms with Crippen molar-refractivity contribution in [3.63, 3.8) is 0 Å². The van der Waals surface area contributed by atoms with Crippen LogP contribution in [0.4, 0.5) is 0 Å². The molecule has 40 heavy (non-hydrogen) atoms. The molecule has 0 spiro atoms. The highest BCUT2D eigenvalue weighted by Gasteiger charge is 2.40. The molecule has 4 heteroatoms. The lowest BCUT2D eigenvalue weighted by Gasteiger charge is -2.36. The Kier molecular flexibility index (Phi) is 8.17. The molecule has 5 aromatic rings. The molecule has 198 valence electrons. The average molecular weight is 526 g/mol. The summed E-state index contributed by atoms with van der Waals surface area (Å²) in [5.41, 5.74) is 3.68. The molecular weight excluding hydrogens is 494 g/mol. The van der Waals surface area contributed by atoms with E-state index in [0.717, 1.165) is 27.8 Å². The van der Waals surface area contributed by atoms with E-state index in [1.165, 1.54) is 0 Å². The number of rotatable bonds is 10. The number of carboxylic acid groups (broad SMARTS) is 1. The van der Waals surface area contributed by atoms with Gasteiger partial charge in [-0.3, -0.25) is 4.79 Å². The van der Waals surface area contributed by atoms with Crippen LogP contribution in [0.15, 0.2) is 152 Å². The third-order valence-corrected chi connectivity index (χ3v) is 7.46. The fourth-order valence-corrected chi connectivity index (χ4v) is 5.63. The minimum absolute atomic E-state index is 0.0329. The maximum Gasteiger partial charge on any atom is 0.327 e. The third kappa shape index (κ3) is 5.57. The average Bonchev–Trinajstić information content (AvgIpc) is 3.02. The molecule has 5 aromatic carbocycles. The molecular formula is C36H31NO3. The van der Waals surface area contributed by atoms with Crippen molar-refractivity contribution < 1.29 is 14.7 Å². The lowest BCUT2D eigenvalue weighted by molar-refractivity contribution is -0.142. The molecule has 4 nitrogen and oxygen atoms in total. The highest BCUT2D eigenvalue weighted by Crippen LogP contribution is 2.42. The predicted molar refractivity (Wildman–Crippen MR) is 158 cm³/mol. The van der Waals surface area contributed by atoms with E-state index in [1.54, 1.807) is 0 Å². The molecule has 0 unspecified atom stereocenters.